The number of likely N-dealkylation sites (tertiary alicyclic amines) is 1. The molecule has 36 heavy (non-hydrogen) atoms. The van der Waals surface area contributed by atoms with E-state index in [1.165, 1.54) is 0 Å². The zero-order valence-corrected chi connectivity index (χ0v) is 20.7. The summed E-state index contributed by atoms with van der Waals surface area (Å²) in [5.41, 5.74) is 10.1. The Morgan fingerprint density at radius 1 is 1.17 bits per heavy atom. The van der Waals surface area contributed by atoms with Crippen molar-refractivity contribution in [2.24, 2.45) is 5.73 Å². The SMILES string of the molecule is Cc1nc2c(c(-c3ccc(Cl)cc3Cl)c1CN)C(=O)N(CC(=O)N1CCCC1)C2.O=C(O)C(F)(F)F. The molecule has 1 fully saturated rings. The number of carboxylic acid groups (broad SMARTS) is 1. The molecule has 0 radical (unpaired) electrons. The van der Waals surface area contributed by atoms with E-state index in [0.717, 1.165) is 37.2 Å². The number of aryl methyl sites for hydroxylation is 1. The molecule has 2 aromatic rings. The maximum Gasteiger partial charge on any atom is 0.490 e. The standard InChI is InChI=1S/C21H22Cl2N4O2.C2HF3O2/c1-12-15(9-24)19(14-5-4-13(22)8-16(14)23)20-17(25-12)10-27(21(20)29)11-18(28)26-6-2-3-7-26;3-2(4,5)1(6)7/h4-5,8H,2-3,6-7,9-11,24H2,1H3;(H,6,7). The largest absolute Gasteiger partial charge is 0.490 e. The van der Waals surface area contributed by atoms with Crippen molar-refractivity contribution in [1.82, 2.24) is 14.8 Å². The Hall–Kier alpha value is -2.89. The molecule has 13 heteroatoms. The summed E-state index contributed by atoms with van der Waals surface area (Å²) in [5.74, 6) is -2.99. The minimum absolute atomic E-state index is 0.0227. The first-order valence-corrected chi connectivity index (χ1v) is 11.7. The molecule has 194 valence electrons. The summed E-state index contributed by atoms with van der Waals surface area (Å²) in [6.07, 6.45) is -3.06. The number of amides is 2. The molecule has 2 amide bonds. The van der Waals surface area contributed by atoms with Crippen LogP contribution in [0.2, 0.25) is 10.0 Å². The number of alkyl halides is 3. The van der Waals surface area contributed by atoms with E-state index in [2.05, 4.69) is 4.98 Å². The third kappa shape index (κ3) is 5.91. The summed E-state index contributed by atoms with van der Waals surface area (Å²) in [5, 5.41) is 8.08. The zero-order chi connectivity index (χ0) is 26.8. The Morgan fingerprint density at radius 2 is 1.78 bits per heavy atom. The van der Waals surface area contributed by atoms with Crippen LogP contribution < -0.4 is 5.73 Å². The zero-order valence-electron chi connectivity index (χ0n) is 19.2. The highest BCUT2D eigenvalue weighted by Crippen LogP contribution is 2.39. The van der Waals surface area contributed by atoms with Gasteiger partial charge < -0.3 is 20.6 Å². The van der Waals surface area contributed by atoms with Gasteiger partial charge in [0.25, 0.3) is 5.91 Å². The van der Waals surface area contributed by atoms with E-state index in [9.17, 15) is 22.8 Å². The van der Waals surface area contributed by atoms with Gasteiger partial charge in [-0.05, 0) is 37.5 Å². The van der Waals surface area contributed by atoms with Crippen LogP contribution in [0.3, 0.4) is 0 Å². The van der Waals surface area contributed by atoms with Gasteiger partial charge in [0.05, 0.1) is 17.8 Å². The summed E-state index contributed by atoms with van der Waals surface area (Å²) < 4.78 is 31.7. The van der Waals surface area contributed by atoms with Gasteiger partial charge in [-0.1, -0.05) is 29.3 Å². The van der Waals surface area contributed by atoms with E-state index in [1.54, 1.807) is 23.1 Å². The van der Waals surface area contributed by atoms with Crippen molar-refractivity contribution < 1.29 is 32.7 Å². The van der Waals surface area contributed by atoms with Crippen LogP contribution in [-0.4, -0.2) is 63.5 Å². The molecule has 2 aliphatic heterocycles. The van der Waals surface area contributed by atoms with Gasteiger partial charge in [-0.3, -0.25) is 14.6 Å². The lowest BCUT2D eigenvalue weighted by Gasteiger charge is -2.20. The number of fused-ring (bicyclic) bond motifs is 1. The second-order valence-corrected chi connectivity index (χ2v) is 9.10. The molecule has 3 heterocycles. The fourth-order valence-corrected chi connectivity index (χ4v) is 4.66. The average molecular weight is 547 g/mol. The molecule has 1 aromatic carbocycles. The minimum atomic E-state index is -5.08. The number of rotatable bonds is 4. The van der Waals surface area contributed by atoms with Crippen LogP contribution in [0.15, 0.2) is 18.2 Å². The van der Waals surface area contributed by atoms with Crippen LogP contribution in [0.1, 0.15) is 40.2 Å². The van der Waals surface area contributed by atoms with Crippen LogP contribution in [0.5, 0.6) is 0 Å². The van der Waals surface area contributed by atoms with Gasteiger partial charge in [0.15, 0.2) is 0 Å². The Kier molecular flexibility index (Phi) is 8.48. The predicted octanol–water partition coefficient (Wildman–Crippen LogP) is 4.03. The number of benzene rings is 1. The van der Waals surface area contributed by atoms with Crippen LogP contribution >= 0.6 is 23.2 Å². The monoisotopic (exact) mass is 546 g/mol. The molecule has 4 rings (SSSR count). The molecular formula is C23H23Cl2F3N4O4. The predicted molar refractivity (Wildman–Crippen MR) is 127 cm³/mol. The molecule has 0 saturated carbocycles. The first kappa shape index (κ1) is 27.7. The smallest absolute Gasteiger partial charge is 0.475 e. The Bertz CT molecular complexity index is 1200. The van der Waals surface area contributed by atoms with E-state index in [0.29, 0.717) is 39.0 Å². The molecule has 8 nitrogen and oxygen atoms in total. The number of carbonyl (C=O) groups is 3. The number of carbonyl (C=O) groups excluding carboxylic acids is 2. The number of aliphatic carboxylic acids is 1. The van der Waals surface area contributed by atoms with Gasteiger partial charge in [-0.15, -0.1) is 0 Å². The highest BCUT2D eigenvalue weighted by molar-refractivity contribution is 6.36. The fraction of sp³-hybridized carbons (Fsp3) is 0.391. The molecule has 0 bridgehead atoms. The number of pyridine rings is 1. The molecule has 0 spiro atoms. The van der Waals surface area contributed by atoms with Gasteiger partial charge in [-0.2, -0.15) is 13.2 Å². The molecule has 1 aromatic heterocycles. The van der Waals surface area contributed by atoms with Crippen LogP contribution in [0.25, 0.3) is 11.1 Å². The van der Waals surface area contributed by atoms with Crippen molar-refractivity contribution >= 4 is 41.0 Å². The van der Waals surface area contributed by atoms with Crippen molar-refractivity contribution in [3.8, 4) is 11.1 Å². The quantitative estimate of drug-likeness (QED) is 0.597. The summed E-state index contributed by atoms with van der Waals surface area (Å²) in [6, 6.07) is 5.18. The van der Waals surface area contributed by atoms with Crippen molar-refractivity contribution in [3.05, 3.63) is 50.8 Å². The van der Waals surface area contributed by atoms with E-state index in [4.69, 9.17) is 38.8 Å². The van der Waals surface area contributed by atoms with Crippen molar-refractivity contribution in [3.63, 3.8) is 0 Å². The highest BCUT2D eigenvalue weighted by atomic mass is 35.5. The summed E-state index contributed by atoms with van der Waals surface area (Å²) in [6.45, 7) is 3.97. The second kappa shape index (κ2) is 11.0. The summed E-state index contributed by atoms with van der Waals surface area (Å²) in [4.78, 5) is 42.8. The maximum atomic E-state index is 13.3. The Balaban J connectivity index is 0.000000454. The van der Waals surface area contributed by atoms with Crippen LogP contribution in [0, 0.1) is 6.92 Å². The van der Waals surface area contributed by atoms with Gasteiger partial charge in [0.1, 0.15) is 6.54 Å². The maximum absolute atomic E-state index is 13.3. The molecule has 1 saturated heterocycles. The summed E-state index contributed by atoms with van der Waals surface area (Å²) in [7, 11) is 0. The number of aromatic nitrogens is 1. The second-order valence-electron chi connectivity index (χ2n) is 8.25. The van der Waals surface area contributed by atoms with Crippen LogP contribution in [-0.2, 0) is 22.7 Å². The topological polar surface area (TPSA) is 117 Å². The number of hydrogen-bond donors (Lipinski definition) is 2. The number of halogens is 5. The molecule has 0 atom stereocenters. The first-order valence-electron chi connectivity index (χ1n) is 10.9. The van der Waals surface area contributed by atoms with Crippen LogP contribution in [0.4, 0.5) is 13.2 Å². The lowest BCUT2D eigenvalue weighted by atomic mass is 9.93. The molecule has 2 aliphatic rings. The number of hydrogen-bond acceptors (Lipinski definition) is 5. The first-order chi connectivity index (χ1) is 16.8. The van der Waals surface area contributed by atoms with E-state index in [-0.39, 0.29) is 24.9 Å². The van der Waals surface area contributed by atoms with E-state index < -0.39 is 12.1 Å². The van der Waals surface area contributed by atoms with Gasteiger partial charge in [-0.25, -0.2) is 4.79 Å². The third-order valence-electron chi connectivity index (χ3n) is 5.85. The average Bonchev–Trinajstić information content (AvgIpc) is 3.42. The fourth-order valence-electron chi connectivity index (χ4n) is 4.15. The Labute approximate surface area is 214 Å². The third-order valence-corrected chi connectivity index (χ3v) is 6.40. The number of nitrogens with zero attached hydrogens (tertiary/aromatic N) is 3. The number of carboxylic acids is 1. The lowest BCUT2D eigenvalue weighted by molar-refractivity contribution is -0.192. The van der Waals surface area contributed by atoms with E-state index in [1.807, 2.05) is 11.8 Å². The molecule has 0 unspecified atom stereocenters. The lowest BCUT2D eigenvalue weighted by Crippen LogP contribution is -2.39. The molecular weight excluding hydrogens is 524 g/mol. The Morgan fingerprint density at radius 3 is 2.31 bits per heavy atom. The highest BCUT2D eigenvalue weighted by Gasteiger charge is 2.38. The normalized spacial score (nSPS) is 15.0. The van der Waals surface area contributed by atoms with Crippen molar-refractivity contribution in [2.45, 2.75) is 39.0 Å². The van der Waals surface area contributed by atoms with Crippen molar-refractivity contribution in [1.29, 1.82) is 0 Å². The van der Waals surface area contributed by atoms with Crippen molar-refractivity contribution in [2.75, 3.05) is 19.6 Å². The van der Waals surface area contributed by atoms with Gasteiger partial charge in [0, 0.05) is 46.5 Å². The molecule has 0 aliphatic carbocycles. The number of nitrogens with two attached hydrogens (primary N) is 1. The van der Waals surface area contributed by atoms with Gasteiger partial charge >= 0.3 is 12.1 Å². The summed E-state index contributed by atoms with van der Waals surface area (Å²) >= 11 is 12.5. The van der Waals surface area contributed by atoms with Gasteiger partial charge in [0.2, 0.25) is 5.91 Å². The minimum Gasteiger partial charge on any atom is -0.475 e. The van der Waals surface area contributed by atoms with E-state index >= 15 is 0 Å². The molecule has 3 N–H and O–H groups in total.